The predicted molar refractivity (Wildman–Crippen MR) is 201 cm³/mol. The molecule has 3 rings (SSSR count). The lowest BCUT2D eigenvalue weighted by molar-refractivity contribution is -0.139. The number of nitrogens with zero attached hydrogens (tertiary/aromatic N) is 2. The fourth-order valence-electron chi connectivity index (χ4n) is 5.56. The number of benzene rings is 2. The molecule has 0 aromatic heterocycles. The van der Waals surface area contributed by atoms with Crippen LogP contribution in [0, 0.1) is 0 Å². The Labute approximate surface area is 310 Å². The second kappa shape index (κ2) is 28.3. The maximum Gasteiger partial charge on any atom is 0.330 e. The molecule has 0 spiro atoms. The number of para-hydroxylation sites is 1. The fourth-order valence-corrected chi connectivity index (χ4v) is 5.56. The predicted octanol–water partition coefficient (Wildman–Crippen LogP) is 4.44. The molecule has 12 nitrogen and oxygen atoms in total. The van der Waals surface area contributed by atoms with Gasteiger partial charge in [-0.05, 0) is 48.6 Å². The van der Waals surface area contributed by atoms with E-state index in [1.807, 2.05) is 54.3 Å². The number of hydrogen-bond donors (Lipinski definition) is 0. The van der Waals surface area contributed by atoms with E-state index in [0.29, 0.717) is 92.3 Å². The highest BCUT2D eigenvalue weighted by Crippen LogP contribution is 2.25. The Balaban J connectivity index is 1.13. The number of likely N-dealkylation sites (tertiary alicyclic amines) is 1. The van der Waals surface area contributed by atoms with Crippen molar-refractivity contribution in [2.45, 2.75) is 38.6 Å². The van der Waals surface area contributed by atoms with Crippen LogP contribution < -0.4 is 4.90 Å². The summed E-state index contributed by atoms with van der Waals surface area (Å²) in [6.07, 6.45) is 6.60. The molecule has 0 N–H and O–H groups in total. The summed E-state index contributed by atoms with van der Waals surface area (Å²) in [7, 11) is 1.64. The Bertz CT molecular complexity index is 1220. The van der Waals surface area contributed by atoms with Crippen LogP contribution in [0.15, 0.2) is 60.7 Å². The average Bonchev–Trinajstić information content (AvgIpc) is 3.18. The molecule has 2 aromatic rings. The summed E-state index contributed by atoms with van der Waals surface area (Å²) in [6, 6.07) is 18.5. The van der Waals surface area contributed by atoms with Crippen LogP contribution in [0.5, 0.6) is 0 Å². The zero-order valence-corrected chi connectivity index (χ0v) is 31.3. The van der Waals surface area contributed by atoms with Crippen molar-refractivity contribution in [2.24, 2.45) is 0 Å². The van der Waals surface area contributed by atoms with Gasteiger partial charge in [0.15, 0.2) is 0 Å². The Morgan fingerprint density at radius 2 is 1.19 bits per heavy atom. The summed E-state index contributed by atoms with van der Waals surface area (Å²) in [5.74, 6) is -0.221. The molecule has 1 fully saturated rings. The maximum atomic E-state index is 12.8. The van der Waals surface area contributed by atoms with Crippen LogP contribution >= 0.6 is 0 Å². The van der Waals surface area contributed by atoms with E-state index in [1.165, 1.54) is 11.6 Å². The van der Waals surface area contributed by atoms with E-state index >= 15 is 0 Å². The van der Waals surface area contributed by atoms with Gasteiger partial charge in [0.25, 0.3) is 0 Å². The van der Waals surface area contributed by atoms with Gasteiger partial charge in [-0.25, -0.2) is 4.79 Å². The van der Waals surface area contributed by atoms with Crippen LogP contribution in [0.4, 0.5) is 5.69 Å². The first-order valence-corrected chi connectivity index (χ1v) is 18.6. The van der Waals surface area contributed by atoms with Crippen molar-refractivity contribution in [2.75, 3.05) is 124 Å². The van der Waals surface area contributed by atoms with Gasteiger partial charge in [-0.1, -0.05) is 49.4 Å². The first-order valence-electron chi connectivity index (χ1n) is 18.6. The molecular weight excluding hydrogens is 668 g/mol. The quantitative estimate of drug-likeness (QED) is 0.0673. The van der Waals surface area contributed by atoms with E-state index in [9.17, 15) is 9.59 Å². The van der Waals surface area contributed by atoms with Gasteiger partial charge in [-0.15, -0.1) is 0 Å². The molecule has 0 bridgehead atoms. The molecule has 290 valence electrons. The Kier molecular flexibility index (Phi) is 23.5. The van der Waals surface area contributed by atoms with E-state index in [0.717, 1.165) is 50.1 Å². The SMILES string of the molecule is CCC(=O)N(c1ccccc1)C1CCN(CCc2ccc(/C=C/C(=O)OCCOCCOCCOCCOCCOCCOCCOC)cc2)CC1. The lowest BCUT2D eigenvalue weighted by Gasteiger charge is -2.38. The van der Waals surface area contributed by atoms with Crippen LogP contribution in [0.25, 0.3) is 6.08 Å². The van der Waals surface area contributed by atoms with Crippen LogP contribution in [-0.4, -0.2) is 142 Å². The summed E-state index contributed by atoms with van der Waals surface area (Å²) in [5.41, 5.74) is 3.19. The minimum Gasteiger partial charge on any atom is -0.460 e. The highest BCUT2D eigenvalue weighted by Gasteiger charge is 2.28. The second-order valence-electron chi connectivity index (χ2n) is 12.2. The van der Waals surface area contributed by atoms with Crippen molar-refractivity contribution < 1.29 is 47.5 Å². The van der Waals surface area contributed by atoms with E-state index in [1.54, 1.807) is 13.2 Å². The number of piperidine rings is 1. The van der Waals surface area contributed by atoms with Crippen LogP contribution in [0.3, 0.4) is 0 Å². The Hall–Kier alpha value is -3.20. The average molecular weight is 729 g/mol. The van der Waals surface area contributed by atoms with Crippen molar-refractivity contribution in [1.82, 2.24) is 4.90 Å². The summed E-state index contributed by atoms with van der Waals surface area (Å²) in [4.78, 5) is 29.4. The summed E-state index contributed by atoms with van der Waals surface area (Å²) >= 11 is 0. The number of rotatable bonds is 29. The van der Waals surface area contributed by atoms with Crippen LogP contribution in [0.2, 0.25) is 0 Å². The molecule has 0 saturated carbocycles. The zero-order chi connectivity index (χ0) is 36.9. The number of hydrogen-bond acceptors (Lipinski definition) is 11. The molecule has 1 heterocycles. The van der Waals surface area contributed by atoms with E-state index in [-0.39, 0.29) is 18.6 Å². The fraction of sp³-hybridized carbons (Fsp3) is 0.600. The van der Waals surface area contributed by atoms with Gasteiger partial charge < -0.3 is 47.7 Å². The van der Waals surface area contributed by atoms with Gasteiger partial charge in [0.2, 0.25) is 5.91 Å². The minimum absolute atomic E-state index is 0.175. The second-order valence-corrected chi connectivity index (χ2v) is 12.2. The molecule has 0 radical (unpaired) electrons. The van der Waals surface area contributed by atoms with Crippen molar-refractivity contribution in [3.05, 3.63) is 71.8 Å². The summed E-state index contributed by atoms with van der Waals surface area (Å²) in [5, 5.41) is 0. The number of ether oxygens (including phenoxy) is 8. The molecule has 1 amide bonds. The largest absolute Gasteiger partial charge is 0.460 e. The molecule has 0 unspecified atom stereocenters. The third kappa shape index (κ3) is 19.0. The summed E-state index contributed by atoms with van der Waals surface area (Å²) in [6.45, 7) is 11.4. The van der Waals surface area contributed by atoms with Crippen LogP contribution in [-0.2, 0) is 53.9 Å². The van der Waals surface area contributed by atoms with Crippen molar-refractivity contribution in [3.8, 4) is 0 Å². The molecule has 0 aliphatic carbocycles. The molecule has 2 aromatic carbocycles. The molecular formula is C40H60N2O10. The van der Waals surface area contributed by atoms with Crippen molar-refractivity contribution in [3.63, 3.8) is 0 Å². The zero-order valence-electron chi connectivity index (χ0n) is 31.3. The summed E-state index contributed by atoms with van der Waals surface area (Å²) < 4.78 is 42.7. The molecule has 1 saturated heterocycles. The highest BCUT2D eigenvalue weighted by molar-refractivity contribution is 5.93. The maximum absolute atomic E-state index is 12.8. The molecule has 12 heteroatoms. The van der Waals surface area contributed by atoms with E-state index < -0.39 is 5.97 Å². The van der Waals surface area contributed by atoms with Gasteiger partial charge in [0.1, 0.15) is 6.61 Å². The number of amides is 1. The van der Waals surface area contributed by atoms with E-state index in [4.69, 9.17) is 37.9 Å². The van der Waals surface area contributed by atoms with Gasteiger partial charge in [-0.2, -0.15) is 0 Å². The van der Waals surface area contributed by atoms with Crippen molar-refractivity contribution >= 4 is 23.6 Å². The number of anilines is 1. The lowest BCUT2D eigenvalue weighted by atomic mass is 10.0. The minimum atomic E-state index is -0.407. The number of esters is 1. The topological polar surface area (TPSA) is 114 Å². The number of methoxy groups -OCH3 is 1. The van der Waals surface area contributed by atoms with E-state index in [2.05, 4.69) is 17.0 Å². The Morgan fingerprint density at radius 1 is 0.692 bits per heavy atom. The molecule has 0 atom stereocenters. The lowest BCUT2D eigenvalue weighted by Crippen LogP contribution is -2.47. The first kappa shape index (κ1) is 43.2. The Morgan fingerprint density at radius 3 is 1.69 bits per heavy atom. The number of carbonyl (C=O) groups excluding carboxylic acids is 2. The van der Waals surface area contributed by atoms with Gasteiger partial charge in [0.05, 0.1) is 85.9 Å². The molecule has 52 heavy (non-hydrogen) atoms. The van der Waals surface area contributed by atoms with Crippen LogP contribution in [0.1, 0.15) is 37.3 Å². The molecule has 1 aliphatic heterocycles. The van der Waals surface area contributed by atoms with Crippen molar-refractivity contribution in [1.29, 1.82) is 0 Å². The monoisotopic (exact) mass is 728 g/mol. The molecule has 1 aliphatic rings. The standard InChI is InChI=1S/C40H60N2O10/c1-3-39(43)42(37-7-5-4-6-8-37)38-16-19-41(20-17-38)18-15-36-11-9-35(10-12-36)13-14-40(44)52-34-33-51-32-31-50-30-29-49-28-27-48-26-25-47-24-23-46-22-21-45-2/h4-14,38H,3,15-34H2,1-2H3/b14-13+. The third-order valence-corrected chi connectivity index (χ3v) is 8.40. The first-order chi connectivity index (χ1) is 25.6. The smallest absolute Gasteiger partial charge is 0.330 e. The number of carbonyl (C=O) groups is 2. The van der Waals surface area contributed by atoms with Gasteiger partial charge >= 0.3 is 5.97 Å². The highest BCUT2D eigenvalue weighted by atomic mass is 16.6. The third-order valence-electron chi connectivity index (χ3n) is 8.40. The van der Waals surface area contributed by atoms with Gasteiger partial charge in [0, 0.05) is 51.0 Å². The normalized spacial score (nSPS) is 13.9. The van der Waals surface area contributed by atoms with Gasteiger partial charge in [-0.3, -0.25) is 4.79 Å².